The van der Waals surface area contributed by atoms with Crippen LogP contribution >= 0.6 is 24.0 Å². The molecular weight excluding hydrogens is 364 g/mol. The normalized spacial score (nSPS) is 23.7. The number of nitrogens with zero attached hydrogens (tertiary/aromatic N) is 2. The summed E-state index contributed by atoms with van der Waals surface area (Å²) in [5, 5.41) is 3.50. The standard InChI is InChI=1S/C14H19ClFN3O2S.ClH/c15-11-1-2-13(16)14(9-11)22(20,21)19-6-3-12(10-19)18-7-4-17-5-8-18;/h1-2,9,12,17H,3-8,10H2;1H. The van der Waals surface area contributed by atoms with E-state index in [0.29, 0.717) is 13.1 Å². The fraction of sp³-hybridized carbons (Fsp3) is 0.571. The van der Waals surface area contributed by atoms with Crippen LogP contribution in [0.1, 0.15) is 6.42 Å². The first kappa shape index (κ1) is 18.9. The van der Waals surface area contributed by atoms with E-state index < -0.39 is 15.8 Å². The third kappa shape index (κ3) is 3.97. The van der Waals surface area contributed by atoms with Crippen LogP contribution in [0.2, 0.25) is 5.02 Å². The molecule has 1 unspecified atom stereocenters. The van der Waals surface area contributed by atoms with Gasteiger partial charge in [0.15, 0.2) is 0 Å². The number of nitrogens with one attached hydrogen (secondary N) is 1. The van der Waals surface area contributed by atoms with E-state index in [4.69, 9.17) is 11.6 Å². The topological polar surface area (TPSA) is 52.7 Å². The molecule has 0 spiro atoms. The maximum absolute atomic E-state index is 13.9. The van der Waals surface area contributed by atoms with Crippen molar-refractivity contribution in [2.75, 3.05) is 39.3 Å². The molecule has 0 amide bonds. The van der Waals surface area contributed by atoms with Crippen molar-refractivity contribution in [2.45, 2.75) is 17.4 Å². The highest BCUT2D eigenvalue weighted by molar-refractivity contribution is 7.89. The second kappa shape index (κ2) is 7.63. The molecule has 5 nitrogen and oxygen atoms in total. The third-order valence-electron chi connectivity index (χ3n) is 4.31. The van der Waals surface area contributed by atoms with E-state index in [9.17, 15) is 12.8 Å². The van der Waals surface area contributed by atoms with Gasteiger partial charge in [-0.3, -0.25) is 4.90 Å². The fourth-order valence-electron chi connectivity index (χ4n) is 3.09. The summed E-state index contributed by atoms with van der Waals surface area (Å²) in [4.78, 5) is 1.97. The minimum atomic E-state index is -3.83. The average Bonchev–Trinajstić information content (AvgIpc) is 3.01. The zero-order valence-corrected chi connectivity index (χ0v) is 14.9. The summed E-state index contributed by atoms with van der Waals surface area (Å²) in [5.41, 5.74) is 0. The van der Waals surface area contributed by atoms with E-state index in [-0.39, 0.29) is 28.4 Å². The number of rotatable bonds is 3. The second-order valence-corrected chi connectivity index (χ2v) is 8.01. The fourth-order valence-corrected chi connectivity index (χ4v) is 4.91. The highest BCUT2D eigenvalue weighted by Gasteiger charge is 2.36. The van der Waals surface area contributed by atoms with Crippen LogP contribution in [-0.4, -0.2) is 62.9 Å². The van der Waals surface area contributed by atoms with Crippen LogP contribution in [0.25, 0.3) is 0 Å². The Labute approximate surface area is 147 Å². The van der Waals surface area contributed by atoms with E-state index >= 15 is 0 Å². The van der Waals surface area contributed by atoms with Crippen LogP contribution in [-0.2, 0) is 10.0 Å². The summed E-state index contributed by atoms with van der Waals surface area (Å²) in [6.45, 7) is 4.52. The zero-order chi connectivity index (χ0) is 15.7. The summed E-state index contributed by atoms with van der Waals surface area (Å²) in [6, 6.07) is 3.84. The minimum absolute atomic E-state index is 0. The molecule has 2 fully saturated rings. The molecular formula is C14H20Cl2FN3O2S. The quantitative estimate of drug-likeness (QED) is 0.860. The SMILES string of the molecule is Cl.O=S(=O)(c1cc(Cl)ccc1F)N1CCC(N2CCNCC2)C1. The zero-order valence-electron chi connectivity index (χ0n) is 12.5. The number of hydrogen-bond donors (Lipinski definition) is 1. The first-order chi connectivity index (χ1) is 10.5. The summed E-state index contributed by atoms with van der Waals surface area (Å²) < 4.78 is 40.5. The predicted molar refractivity (Wildman–Crippen MR) is 90.3 cm³/mol. The second-order valence-electron chi connectivity index (χ2n) is 5.67. The molecule has 2 saturated heterocycles. The Kier molecular flexibility index (Phi) is 6.27. The monoisotopic (exact) mass is 383 g/mol. The molecule has 0 aliphatic carbocycles. The van der Waals surface area contributed by atoms with Crippen LogP contribution < -0.4 is 5.32 Å². The summed E-state index contributed by atoms with van der Waals surface area (Å²) >= 11 is 5.82. The van der Waals surface area contributed by atoms with Crippen molar-refractivity contribution in [2.24, 2.45) is 0 Å². The Bertz CT molecular complexity index is 653. The highest BCUT2D eigenvalue weighted by Crippen LogP contribution is 2.27. The van der Waals surface area contributed by atoms with Gasteiger partial charge in [0.25, 0.3) is 0 Å². The van der Waals surface area contributed by atoms with Gasteiger partial charge in [-0.05, 0) is 24.6 Å². The van der Waals surface area contributed by atoms with Gasteiger partial charge in [-0.25, -0.2) is 12.8 Å². The van der Waals surface area contributed by atoms with E-state index in [1.165, 1.54) is 16.4 Å². The van der Waals surface area contributed by atoms with Gasteiger partial charge in [0.1, 0.15) is 10.7 Å². The van der Waals surface area contributed by atoms with Crippen LogP contribution in [0.15, 0.2) is 23.1 Å². The molecule has 0 saturated carbocycles. The van der Waals surface area contributed by atoms with E-state index in [1.54, 1.807) is 0 Å². The molecule has 2 heterocycles. The van der Waals surface area contributed by atoms with E-state index in [1.807, 2.05) is 0 Å². The van der Waals surface area contributed by atoms with Crippen molar-refractivity contribution in [1.82, 2.24) is 14.5 Å². The molecule has 2 aliphatic heterocycles. The smallest absolute Gasteiger partial charge is 0.246 e. The molecule has 0 radical (unpaired) electrons. The Morgan fingerprint density at radius 1 is 1.22 bits per heavy atom. The third-order valence-corrected chi connectivity index (χ3v) is 6.42. The number of halogens is 3. The Balaban J connectivity index is 0.00000192. The Morgan fingerprint density at radius 3 is 2.61 bits per heavy atom. The van der Waals surface area contributed by atoms with Gasteiger partial charge >= 0.3 is 0 Å². The van der Waals surface area contributed by atoms with Crippen molar-refractivity contribution < 1.29 is 12.8 Å². The average molecular weight is 384 g/mol. The van der Waals surface area contributed by atoms with Crippen LogP contribution in [0.5, 0.6) is 0 Å². The van der Waals surface area contributed by atoms with Gasteiger partial charge in [0, 0.05) is 50.3 Å². The molecule has 1 N–H and O–H groups in total. The van der Waals surface area contributed by atoms with Gasteiger partial charge in [0.2, 0.25) is 10.0 Å². The van der Waals surface area contributed by atoms with E-state index in [0.717, 1.165) is 38.7 Å². The van der Waals surface area contributed by atoms with E-state index in [2.05, 4.69) is 10.2 Å². The van der Waals surface area contributed by atoms with Crippen molar-refractivity contribution in [1.29, 1.82) is 0 Å². The van der Waals surface area contributed by atoms with Gasteiger partial charge < -0.3 is 5.32 Å². The molecule has 0 bridgehead atoms. The lowest BCUT2D eigenvalue weighted by molar-refractivity contribution is 0.179. The van der Waals surface area contributed by atoms with Crippen molar-refractivity contribution in [3.8, 4) is 0 Å². The molecule has 1 aromatic carbocycles. The minimum Gasteiger partial charge on any atom is -0.314 e. The van der Waals surface area contributed by atoms with Crippen LogP contribution in [0, 0.1) is 5.82 Å². The van der Waals surface area contributed by atoms with Gasteiger partial charge in [-0.2, -0.15) is 4.31 Å². The molecule has 1 aromatic rings. The number of hydrogen-bond acceptors (Lipinski definition) is 4. The van der Waals surface area contributed by atoms with Crippen molar-refractivity contribution in [3.63, 3.8) is 0 Å². The number of benzene rings is 1. The van der Waals surface area contributed by atoms with Gasteiger partial charge in [-0.1, -0.05) is 11.6 Å². The summed E-state index contributed by atoms with van der Waals surface area (Å²) in [7, 11) is -3.83. The molecule has 23 heavy (non-hydrogen) atoms. The molecule has 0 aromatic heterocycles. The van der Waals surface area contributed by atoms with Gasteiger partial charge in [-0.15, -0.1) is 12.4 Å². The van der Waals surface area contributed by atoms with Crippen molar-refractivity contribution >= 4 is 34.0 Å². The highest BCUT2D eigenvalue weighted by atomic mass is 35.5. The van der Waals surface area contributed by atoms with Crippen LogP contribution in [0.3, 0.4) is 0 Å². The Hall–Kier alpha value is -0.440. The molecule has 130 valence electrons. The maximum atomic E-state index is 13.9. The molecule has 9 heteroatoms. The lowest BCUT2D eigenvalue weighted by Gasteiger charge is -2.32. The molecule has 2 aliphatic rings. The predicted octanol–water partition coefficient (Wildman–Crippen LogP) is 1.57. The first-order valence-electron chi connectivity index (χ1n) is 7.38. The summed E-state index contributed by atoms with van der Waals surface area (Å²) in [5.74, 6) is -0.755. The first-order valence-corrected chi connectivity index (χ1v) is 9.20. The number of sulfonamides is 1. The lowest BCUT2D eigenvalue weighted by Crippen LogP contribution is -2.49. The maximum Gasteiger partial charge on any atom is 0.246 e. The van der Waals surface area contributed by atoms with Crippen molar-refractivity contribution in [3.05, 3.63) is 29.0 Å². The number of piperazine rings is 1. The van der Waals surface area contributed by atoms with Gasteiger partial charge in [0.05, 0.1) is 0 Å². The Morgan fingerprint density at radius 2 is 1.91 bits per heavy atom. The lowest BCUT2D eigenvalue weighted by atomic mass is 10.2. The van der Waals surface area contributed by atoms with Crippen LogP contribution in [0.4, 0.5) is 4.39 Å². The molecule has 3 rings (SSSR count). The largest absolute Gasteiger partial charge is 0.314 e. The summed E-state index contributed by atoms with van der Waals surface area (Å²) in [6.07, 6.45) is 0.779. The molecule has 1 atom stereocenters.